The van der Waals surface area contributed by atoms with Gasteiger partial charge in [-0.3, -0.25) is 0 Å². The molecule has 0 aliphatic rings. The zero-order chi connectivity index (χ0) is 52.7. The van der Waals surface area contributed by atoms with Crippen molar-refractivity contribution in [3.8, 4) is 33.4 Å². The topological polar surface area (TPSA) is 16.4 Å². The molecule has 2 nitrogen and oxygen atoms in total. The number of benzene rings is 10. The van der Waals surface area contributed by atoms with E-state index in [9.17, 15) is 9.60 Å². The molecule has 0 radical (unpaired) electrons. The normalized spacial score (nSPS) is 16.1. The Morgan fingerprint density at radius 2 is 1.11 bits per heavy atom. The van der Waals surface area contributed by atoms with Crippen LogP contribution in [0.15, 0.2) is 216 Å². The highest BCUT2D eigenvalue weighted by Gasteiger charge is 2.16. The third-order valence-corrected chi connectivity index (χ3v) is 9.88. The quantitative estimate of drug-likeness (QED) is 0.158. The van der Waals surface area contributed by atoms with Gasteiger partial charge in [0.25, 0.3) is 0 Å². The standard InChI is InChI=1S/C54H35NO/c1-2-11-36(12-3-1)39-14-10-15-45(34-39)55(44-29-23-38(24-30-44)51-35-41-13-4-5-16-46(41)48-17-6-7-18-49(48)51)43-27-21-37(22-28-43)40-25-31-47-42(33-40)26-32-53-54(47)50-19-8-9-20-52(50)56-53/h1-35H/i1D,2D,3D,8D,9D,11D,12D,19D,20D,21D,22D,25D,26D,27D,28D,31D,32D,33D. The first-order valence-corrected chi connectivity index (χ1v) is 17.7. The molecule has 0 fully saturated rings. The maximum Gasteiger partial charge on any atom is 0.136 e. The van der Waals surface area contributed by atoms with Crippen molar-refractivity contribution in [3.63, 3.8) is 0 Å². The van der Waals surface area contributed by atoms with Gasteiger partial charge >= 0.3 is 0 Å². The highest BCUT2D eigenvalue weighted by atomic mass is 16.3. The molecular formula is C54H35NO. The van der Waals surface area contributed by atoms with E-state index in [4.69, 9.17) is 19.5 Å². The van der Waals surface area contributed by atoms with Crippen molar-refractivity contribution in [2.24, 2.45) is 0 Å². The van der Waals surface area contributed by atoms with Gasteiger partial charge < -0.3 is 9.32 Å². The van der Waals surface area contributed by atoms with E-state index in [2.05, 4.69) is 12.1 Å². The molecule has 11 rings (SSSR count). The van der Waals surface area contributed by atoms with Crippen LogP contribution in [0.25, 0.3) is 87.6 Å². The van der Waals surface area contributed by atoms with Crippen LogP contribution >= 0.6 is 0 Å². The summed E-state index contributed by atoms with van der Waals surface area (Å²) in [5.41, 5.74) is 0.135. The van der Waals surface area contributed by atoms with Crippen molar-refractivity contribution in [2.45, 2.75) is 0 Å². The van der Waals surface area contributed by atoms with E-state index >= 15 is 0 Å². The van der Waals surface area contributed by atoms with E-state index in [1.54, 1.807) is 30.3 Å². The third kappa shape index (κ3) is 5.42. The number of rotatable bonds is 6. The Morgan fingerprint density at radius 3 is 1.96 bits per heavy atom. The fourth-order valence-electron chi connectivity index (χ4n) is 7.31. The molecule has 0 amide bonds. The molecule has 0 bridgehead atoms. The van der Waals surface area contributed by atoms with Crippen molar-refractivity contribution < 1.29 is 29.1 Å². The van der Waals surface area contributed by atoms with Crippen molar-refractivity contribution >= 4 is 71.3 Å². The minimum absolute atomic E-state index is 0.120. The molecule has 0 aliphatic carbocycles. The molecule has 0 unspecified atom stereocenters. The lowest BCUT2D eigenvalue weighted by Crippen LogP contribution is -2.10. The Kier molecular flexibility index (Phi) is 4.41. The number of fused-ring (bicyclic) bond motifs is 8. The molecule has 0 atom stereocenters. The molecule has 56 heavy (non-hydrogen) atoms. The smallest absolute Gasteiger partial charge is 0.136 e. The van der Waals surface area contributed by atoms with E-state index in [1.165, 1.54) is 11.0 Å². The lowest BCUT2D eigenvalue weighted by molar-refractivity contribution is 0.669. The van der Waals surface area contributed by atoms with Gasteiger partial charge in [0.05, 0.1) is 24.7 Å². The average Bonchev–Trinajstić information content (AvgIpc) is 3.84. The summed E-state index contributed by atoms with van der Waals surface area (Å²) >= 11 is 0. The van der Waals surface area contributed by atoms with Crippen LogP contribution in [0.1, 0.15) is 24.7 Å². The lowest BCUT2D eigenvalue weighted by atomic mass is 9.93. The predicted molar refractivity (Wildman–Crippen MR) is 237 cm³/mol. The summed E-state index contributed by atoms with van der Waals surface area (Å²) in [6.07, 6.45) is 0. The lowest BCUT2D eigenvalue weighted by Gasteiger charge is -2.26. The monoisotopic (exact) mass is 731 g/mol. The van der Waals surface area contributed by atoms with Crippen LogP contribution in [0.5, 0.6) is 0 Å². The maximum absolute atomic E-state index is 9.67. The van der Waals surface area contributed by atoms with Crippen LogP contribution in [0.3, 0.4) is 0 Å². The van der Waals surface area contributed by atoms with Crippen LogP contribution in [0.2, 0.25) is 0 Å². The molecule has 262 valence electrons. The van der Waals surface area contributed by atoms with Crippen molar-refractivity contribution in [3.05, 3.63) is 212 Å². The number of hydrogen-bond acceptors (Lipinski definition) is 2. The zero-order valence-electron chi connectivity index (χ0n) is 47.2. The minimum atomic E-state index is -0.760. The number of furan rings is 1. The average molecular weight is 732 g/mol. The fourth-order valence-corrected chi connectivity index (χ4v) is 7.31. The van der Waals surface area contributed by atoms with Gasteiger partial charge in [-0.05, 0) is 126 Å². The maximum atomic E-state index is 9.67. The molecule has 11 aromatic rings. The van der Waals surface area contributed by atoms with Crippen molar-refractivity contribution in [1.82, 2.24) is 0 Å². The first kappa shape index (κ1) is 18.8. The van der Waals surface area contributed by atoms with Crippen LogP contribution in [-0.2, 0) is 0 Å². The molecule has 2 heteroatoms. The first-order chi connectivity index (χ1) is 35.3. The summed E-state index contributed by atoms with van der Waals surface area (Å²) in [7, 11) is 0. The Balaban J connectivity index is 1.15. The summed E-state index contributed by atoms with van der Waals surface area (Å²) in [4.78, 5) is 1.43. The summed E-state index contributed by atoms with van der Waals surface area (Å²) < 4.78 is 167. The van der Waals surface area contributed by atoms with Crippen LogP contribution in [0.4, 0.5) is 17.1 Å². The Bertz CT molecular complexity index is 4250. The largest absolute Gasteiger partial charge is 0.456 e. The summed E-state index contributed by atoms with van der Waals surface area (Å²) in [6.45, 7) is 0. The fraction of sp³-hybridized carbons (Fsp3) is 0. The third-order valence-electron chi connectivity index (χ3n) is 9.88. The van der Waals surface area contributed by atoms with Gasteiger partial charge in [0.15, 0.2) is 0 Å². The highest BCUT2D eigenvalue weighted by molar-refractivity contribution is 6.19. The van der Waals surface area contributed by atoms with E-state index in [1.807, 2.05) is 54.6 Å². The van der Waals surface area contributed by atoms with E-state index in [0.29, 0.717) is 5.69 Å². The van der Waals surface area contributed by atoms with E-state index < -0.39 is 125 Å². The highest BCUT2D eigenvalue weighted by Crippen LogP contribution is 2.41. The predicted octanol–water partition coefficient (Wildman–Crippen LogP) is 15.5. The van der Waals surface area contributed by atoms with Gasteiger partial charge in [0.2, 0.25) is 0 Å². The second-order valence-corrected chi connectivity index (χ2v) is 13.1. The number of anilines is 3. The van der Waals surface area contributed by atoms with Gasteiger partial charge in [-0.2, -0.15) is 0 Å². The van der Waals surface area contributed by atoms with E-state index in [0.717, 1.165) is 32.7 Å². The summed E-state index contributed by atoms with van der Waals surface area (Å²) in [6, 6.07) is 20.1. The van der Waals surface area contributed by atoms with E-state index in [-0.39, 0.29) is 49.8 Å². The molecule has 0 N–H and O–H groups in total. The van der Waals surface area contributed by atoms with Gasteiger partial charge in [0.1, 0.15) is 11.2 Å². The van der Waals surface area contributed by atoms with Gasteiger partial charge in [-0.1, -0.05) is 151 Å². The van der Waals surface area contributed by atoms with Crippen molar-refractivity contribution in [2.75, 3.05) is 4.90 Å². The van der Waals surface area contributed by atoms with Gasteiger partial charge in [-0.15, -0.1) is 0 Å². The summed E-state index contributed by atoms with van der Waals surface area (Å²) in [5.74, 6) is 0. The molecule has 1 aromatic heterocycles. The van der Waals surface area contributed by atoms with Crippen LogP contribution in [0, 0.1) is 0 Å². The van der Waals surface area contributed by atoms with Gasteiger partial charge in [-0.25, -0.2) is 0 Å². The molecule has 10 aromatic carbocycles. The zero-order valence-corrected chi connectivity index (χ0v) is 29.2. The number of hydrogen-bond donors (Lipinski definition) is 0. The molecule has 1 heterocycles. The Morgan fingerprint density at radius 1 is 0.375 bits per heavy atom. The number of nitrogens with zero attached hydrogens (tertiary/aromatic N) is 1. The molecule has 0 saturated carbocycles. The molecule has 0 saturated heterocycles. The Hall–Kier alpha value is -7.42. The first-order valence-electron chi connectivity index (χ1n) is 26.7. The molecule has 0 spiro atoms. The van der Waals surface area contributed by atoms with Crippen molar-refractivity contribution in [1.29, 1.82) is 0 Å². The van der Waals surface area contributed by atoms with Crippen LogP contribution in [-0.4, -0.2) is 0 Å². The molecule has 0 aliphatic heterocycles. The summed E-state index contributed by atoms with van der Waals surface area (Å²) in [5, 5.41) is 2.95. The van der Waals surface area contributed by atoms with Crippen LogP contribution < -0.4 is 4.90 Å². The van der Waals surface area contributed by atoms with Gasteiger partial charge in [0, 0.05) is 27.8 Å². The second-order valence-electron chi connectivity index (χ2n) is 13.1. The SMILES string of the molecule is [2H]c1c([2H])c([2H])c(-c2cccc(N(c3ccc(-c4cc5ccccc5c5ccccc45)cc3)c3c([2H])c([2H])c(-c4c([2H])c([2H])c5c(c4[2H])c([2H])c([2H])c4oc6c([2H])c([2H])c([2H])c([2H])c6c45)c([2H])c3[2H])c2)c([2H])c1[2H]. The number of para-hydroxylation sites is 1. The Labute approximate surface area is 350 Å². The second kappa shape index (κ2) is 13.2. The molecular weight excluding hydrogens is 679 g/mol. The minimum Gasteiger partial charge on any atom is -0.456 e.